The number of thioether (sulfide) groups is 1. The molecule has 5 heteroatoms. The van der Waals surface area contributed by atoms with Crippen LogP contribution in [0.25, 0.3) is 0 Å². The molecule has 2 heterocycles. The Bertz CT molecular complexity index is 292. The summed E-state index contributed by atoms with van der Waals surface area (Å²) in [7, 11) is 2.02. The van der Waals surface area contributed by atoms with Gasteiger partial charge in [0.2, 0.25) is 0 Å². The summed E-state index contributed by atoms with van der Waals surface area (Å²) in [4.78, 5) is 13.6. The number of hydrogen-bond donors (Lipinski definition) is 0. The molecular weight excluding hydrogens is 250 g/mol. The molecule has 2 aliphatic rings. The highest BCUT2D eigenvalue weighted by Gasteiger charge is 2.41. The van der Waals surface area contributed by atoms with Crippen LogP contribution in [0.3, 0.4) is 0 Å². The van der Waals surface area contributed by atoms with Crippen LogP contribution in [-0.4, -0.2) is 60.8 Å². The Morgan fingerprint density at radius 1 is 1.61 bits per heavy atom. The third-order valence-corrected chi connectivity index (χ3v) is 5.06. The van der Waals surface area contributed by atoms with Gasteiger partial charge < -0.3 is 9.47 Å². The molecule has 18 heavy (non-hydrogen) atoms. The van der Waals surface area contributed by atoms with Crippen molar-refractivity contribution in [1.29, 1.82) is 0 Å². The molecule has 1 spiro atoms. The molecule has 0 aromatic rings. The summed E-state index contributed by atoms with van der Waals surface area (Å²) in [5.74, 6) is 2.19. The van der Waals surface area contributed by atoms with Gasteiger partial charge in [-0.2, -0.15) is 11.8 Å². The second kappa shape index (κ2) is 6.26. The van der Waals surface area contributed by atoms with Crippen molar-refractivity contribution in [3.8, 4) is 0 Å². The third-order valence-electron chi connectivity index (χ3n) is 3.84. The normalized spacial score (nSPS) is 32.1. The molecular formula is C13H23NO3S. The monoisotopic (exact) mass is 273 g/mol. The van der Waals surface area contributed by atoms with Gasteiger partial charge in [0.05, 0.1) is 18.8 Å². The van der Waals surface area contributed by atoms with Crippen LogP contribution in [0.1, 0.15) is 26.2 Å². The van der Waals surface area contributed by atoms with Crippen molar-refractivity contribution in [2.45, 2.75) is 37.8 Å². The van der Waals surface area contributed by atoms with Gasteiger partial charge in [-0.1, -0.05) is 0 Å². The van der Waals surface area contributed by atoms with Crippen molar-refractivity contribution < 1.29 is 14.3 Å². The number of carbonyl (C=O) groups excluding carboxylic acids is 1. The predicted molar refractivity (Wildman–Crippen MR) is 72.9 cm³/mol. The number of hydrogen-bond acceptors (Lipinski definition) is 5. The minimum absolute atomic E-state index is 0.0799. The van der Waals surface area contributed by atoms with Gasteiger partial charge in [0, 0.05) is 18.4 Å². The van der Waals surface area contributed by atoms with E-state index in [2.05, 4.69) is 4.90 Å². The molecule has 4 nitrogen and oxygen atoms in total. The molecule has 2 unspecified atom stereocenters. The average Bonchev–Trinajstić information content (AvgIpc) is 2.77. The summed E-state index contributed by atoms with van der Waals surface area (Å²) < 4.78 is 11.0. The lowest BCUT2D eigenvalue weighted by Crippen LogP contribution is -2.49. The zero-order valence-corrected chi connectivity index (χ0v) is 12.1. The van der Waals surface area contributed by atoms with E-state index < -0.39 is 0 Å². The molecule has 104 valence electrons. The van der Waals surface area contributed by atoms with Crippen molar-refractivity contribution in [2.75, 3.05) is 38.3 Å². The van der Waals surface area contributed by atoms with Crippen LogP contribution in [0.2, 0.25) is 0 Å². The van der Waals surface area contributed by atoms with E-state index in [1.54, 1.807) is 0 Å². The first-order valence-corrected chi connectivity index (χ1v) is 7.88. The van der Waals surface area contributed by atoms with Crippen LogP contribution in [0.4, 0.5) is 0 Å². The van der Waals surface area contributed by atoms with Crippen LogP contribution < -0.4 is 0 Å². The van der Waals surface area contributed by atoms with Gasteiger partial charge in [-0.3, -0.25) is 9.69 Å². The van der Waals surface area contributed by atoms with E-state index in [-0.39, 0.29) is 11.6 Å². The van der Waals surface area contributed by atoms with Crippen LogP contribution in [0.5, 0.6) is 0 Å². The highest BCUT2D eigenvalue weighted by atomic mass is 32.2. The first-order valence-electron chi connectivity index (χ1n) is 6.73. The molecule has 0 aromatic heterocycles. The smallest absolute Gasteiger partial charge is 0.320 e. The van der Waals surface area contributed by atoms with Gasteiger partial charge in [-0.05, 0) is 39.0 Å². The molecule has 0 N–H and O–H groups in total. The highest BCUT2D eigenvalue weighted by Crippen LogP contribution is 2.39. The van der Waals surface area contributed by atoms with E-state index in [9.17, 15) is 4.79 Å². The molecule has 0 radical (unpaired) electrons. The van der Waals surface area contributed by atoms with Gasteiger partial charge in [-0.15, -0.1) is 0 Å². The van der Waals surface area contributed by atoms with Crippen molar-refractivity contribution in [2.24, 2.45) is 0 Å². The Balaban J connectivity index is 1.86. The van der Waals surface area contributed by atoms with Gasteiger partial charge in [0.15, 0.2) is 0 Å². The zero-order valence-electron chi connectivity index (χ0n) is 11.3. The Hall–Kier alpha value is -0.260. The van der Waals surface area contributed by atoms with Crippen molar-refractivity contribution in [3.05, 3.63) is 0 Å². The lowest BCUT2D eigenvalue weighted by Gasteiger charge is -2.41. The van der Waals surface area contributed by atoms with E-state index in [4.69, 9.17) is 9.47 Å². The van der Waals surface area contributed by atoms with Crippen molar-refractivity contribution in [3.63, 3.8) is 0 Å². The minimum Gasteiger partial charge on any atom is -0.465 e. The van der Waals surface area contributed by atoms with Crippen LogP contribution in [-0.2, 0) is 14.3 Å². The topological polar surface area (TPSA) is 38.8 Å². The molecule has 0 amide bonds. The van der Waals surface area contributed by atoms with Crippen LogP contribution in [0, 0.1) is 0 Å². The Morgan fingerprint density at radius 2 is 2.44 bits per heavy atom. The Morgan fingerprint density at radius 3 is 3.11 bits per heavy atom. The first kappa shape index (κ1) is 14.2. The molecule has 2 aliphatic heterocycles. The molecule has 2 fully saturated rings. The number of nitrogens with zero attached hydrogens (tertiary/aromatic N) is 1. The quantitative estimate of drug-likeness (QED) is 0.727. The van der Waals surface area contributed by atoms with Crippen LogP contribution >= 0.6 is 11.8 Å². The Kier molecular flexibility index (Phi) is 4.92. The van der Waals surface area contributed by atoms with E-state index >= 15 is 0 Å². The maximum atomic E-state index is 11.5. The summed E-state index contributed by atoms with van der Waals surface area (Å²) in [6, 6.07) is 0.446. The maximum Gasteiger partial charge on any atom is 0.320 e. The number of rotatable bonds is 4. The molecule has 2 rings (SSSR count). The van der Waals surface area contributed by atoms with Crippen LogP contribution in [0.15, 0.2) is 0 Å². The summed E-state index contributed by atoms with van der Waals surface area (Å²) in [6.45, 7) is 3.51. The molecule has 0 bridgehead atoms. The maximum absolute atomic E-state index is 11.5. The van der Waals surface area contributed by atoms with E-state index in [1.165, 1.54) is 5.75 Å². The van der Waals surface area contributed by atoms with E-state index in [0.717, 1.165) is 31.6 Å². The van der Waals surface area contributed by atoms with Gasteiger partial charge >= 0.3 is 5.97 Å². The second-order valence-electron chi connectivity index (χ2n) is 5.20. The average molecular weight is 273 g/mol. The fourth-order valence-electron chi connectivity index (χ4n) is 2.78. The SMILES string of the molecule is CCOC(=O)CN(C)C1CCOC2(CCSC2)C1. The predicted octanol–water partition coefficient (Wildman–Crippen LogP) is 1.54. The first-order chi connectivity index (χ1) is 8.65. The summed E-state index contributed by atoms with van der Waals surface area (Å²) in [5, 5.41) is 0. The van der Waals surface area contributed by atoms with Gasteiger partial charge in [-0.25, -0.2) is 0 Å². The Labute approximate surface area is 113 Å². The fraction of sp³-hybridized carbons (Fsp3) is 0.923. The third kappa shape index (κ3) is 3.39. The van der Waals surface area contributed by atoms with Crippen molar-refractivity contribution >= 4 is 17.7 Å². The lowest BCUT2D eigenvalue weighted by molar-refractivity contribution is -0.146. The number of carbonyl (C=O) groups is 1. The summed E-state index contributed by atoms with van der Waals surface area (Å²) in [6.07, 6.45) is 3.22. The van der Waals surface area contributed by atoms with Crippen molar-refractivity contribution in [1.82, 2.24) is 4.90 Å². The van der Waals surface area contributed by atoms with E-state index in [0.29, 0.717) is 19.2 Å². The zero-order chi connectivity index (χ0) is 13.0. The number of esters is 1. The van der Waals surface area contributed by atoms with Gasteiger partial charge in [0.1, 0.15) is 0 Å². The fourth-order valence-corrected chi connectivity index (χ4v) is 4.16. The lowest BCUT2D eigenvalue weighted by atomic mass is 9.89. The largest absolute Gasteiger partial charge is 0.465 e. The standard InChI is InChI=1S/C13H23NO3S/c1-3-16-12(15)9-14(2)11-4-6-17-13(8-11)5-7-18-10-13/h11H,3-10H2,1-2H3. The number of ether oxygens (including phenoxy) is 2. The molecule has 2 atom stereocenters. The highest BCUT2D eigenvalue weighted by molar-refractivity contribution is 7.99. The van der Waals surface area contributed by atoms with E-state index in [1.807, 2.05) is 25.7 Å². The summed E-state index contributed by atoms with van der Waals surface area (Å²) >= 11 is 1.98. The molecule has 0 aromatic carbocycles. The summed E-state index contributed by atoms with van der Waals surface area (Å²) in [5.41, 5.74) is 0.0799. The number of likely N-dealkylation sites (N-methyl/N-ethyl adjacent to an activating group) is 1. The van der Waals surface area contributed by atoms with Gasteiger partial charge in [0.25, 0.3) is 0 Å². The molecule has 2 saturated heterocycles. The second-order valence-corrected chi connectivity index (χ2v) is 6.31. The molecule has 0 saturated carbocycles. The minimum atomic E-state index is -0.124. The molecule has 0 aliphatic carbocycles.